The molecule has 3 N–H and O–H groups in total. The minimum atomic E-state index is -0.379. The van der Waals surface area contributed by atoms with Crippen LogP contribution in [0.4, 0.5) is 21.5 Å². The van der Waals surface area contributed by atoms with Crippen LogP contribution in [0.5, 0.6) is 0 Å². The molecule has 0 unspecified atom stereocenters. The topological polar surface area (TPSA) is 70.2 Å². The summed E-state index contributed by atoms with van der Waals surface area (Å²) in [7, 11) is 0. The number of halogens is 2. The molecular formula is C21H17BrFN3O2. The van der Waals surface area contributed by atoms with Crippen LogP contribution >= 0.6 is 15.9 Å². The molecule has 0 heterocycles. The Balaban J connectivity index is 1.65. The summed E-state index contributed by atoms with van der Waals surface area (Å²) in [4.78, 5) is 24.8. The number of carbonyl (C=O) groups excluding carboxylic acids is 2. The molecule has 0 atom stereocenters. The standard InChI is InChI=1S/C21H17BrFN3O2/c22-17-6-2-4-8-19(17)26-20(27)13-24-18-7-3-1-5-16(18)21(28)25-15-11-9-14(23)10-12-15/h1-12,24H,13H2,(H,25,28)(H,26,27). The summed E-state index contributed by atoms with van der Waals surface area (Å²) in [5.74, 6) is -0.988. The molecule has 0 saturated carbocycles. The Hall–Kier alpha value is -3.19. The van der Waals surface area contributed by atoms with Gasteiger partial charge in [-0.25, -0.2) is 4.39 Å². The highest BCUT2D eigenvalue weighted by Crippen LogP contribution is 2.21. The van der Waals surface area contributed by atoms with Crippen molar-refractivity contribution in [1.82, 2.24) is 0 Å². The van der Waals surface area contributed by atoms with Crippen LogP contribution in [0.15, 0.2) is 77.3 Å². The highest BCUT2D eigenvalue weighted by Gasteiger charge is 2.12. The number of nitrogens with one attached hydrogen (secondary N) is 3. The van der Waals surface area contributed by atoms with Gasteiger partial charge >= 0.3 is 0 Å². The van der Waals surface area contributed by atoms with Crippen molar-refractivity contribution in [3.8, 4) is 0 Å². The van der Waals surface area contributed by atoms with E-state index in [9.17, 15) is 14.0 Å². The Morgan fingerprint density at radius 1 is 0.821 bits per heavy atom. The van der Waals surface area contributed by atoms with Crippen LogP contribution in [0, 0.1) is 5.82 Å². The predicted octanol–water partition coefficient (Wildman–Crippen LogP) is 4.89. The molecule has 0 aliphatic rings. The van der Waals surface area contributed by atoms with Crippen LogP contribution in [-0.4, -0.2) is 18.4 Å². The number of rotatable bonds is 6. The fourth-order valence-electron chi connectivity index (χ4n) is 2.50. The highest BCUT2D eigenvalue weighted by atomic mass is 79.9. The zero-order chi connectivity index (χ0) is 19.9. The van der Waals surface area contributed by atoms with E-state index in [0.717, 1.165) is 4.47 Å². The largest absolute Gasteiger partial charge is 0.376 e. The third kappa shape index (κ3) is 5.17. The molecule has 2 amide bonds. The van der Waals surface area contributed by atoms with E-state index < -0.39 is 0 Å². The average molecular weight is 442 g/mol. The number of hydrogen-bond donors (Lipinski definition) is 3. The second-order valence-corrected chi connectivity index (χ2v) is 6.74. The Labute approximate surface area is 170 Å². The second kappa shape index (κ2) is 9.14. The van der Waals surface area contributed by atoms with Gasteiger partial charge in [0.25, 0.3) is 5.91 Å². The van der Waals surface area contributed by atoms with Crippen molar-refractivity contribution in [2.75, 3.05) is 22.5 Å². The Kier molecular flexibility index (Phi) is 6.39. The summed E-state index contributed by atoms with van der Waals surface area (Å²) < 4.78 is 13.8. The number of hydrogen-bond acceptors (Lipinski definition) is 3. The van der Waals surface area contributed by atoms with Gasteiger partial charge in [0.1, 0.15) is 5.82 Å². The van der Waals surface area contributed by atoms with Gasteiger partial charge in [0, 0.05) is 15.8 Å². The maximum atomic E-state index is 13.0. The summed E-state index contributed by atoms with van der Waals surface area (Å²) in [5.41, 5.74) is 2.04. The molecule has 3 aromatic rings. The molecule has 3 aromatic carbocycles. The van der Waals surface area contributed by atoms with Gasteiger partial charge in [0.15, 0.2) is 0 Å². The van der Waals surface area contributed by atoms with Crippen molar-refractivity contribution in [1.29, 1.82) is 0 Å². The highest BCUT2D eigenvalue weighted by molar-refractivity contribution is 9.10. The molecule has 5 nitrogen and oxygen atoms in total. The molecule has 0 radical (unpaired) electrons. The monoisotopic (exact) mass is 441 g/mol. The normalized spacial score (nSPS) is 10.2. The van der Waals surface area contributed by atoms with Crippen LogP contribution < -0.4 is 16.0 Å². The molecule has 3 rings (SSSR count). The molecule has 28 heavy (non-hydrogen) atoms. The summed E-state index contributed by atoms with van der Waals surface area (Å²) >= 11 is 3.38. The van der Waals surface area contributed by atoms with Gasteiger partial charge in [0.05, 0.1) is 17.8 Å². The summed E-state index contributed by atoms with van der Waals surface area (Å²) in [6.45, 7) is -0.0117. The maximum absolute atomic E-state index is 13.0. The van der Waals surface area contributed by atoms with Crippen LogP contribution in [0.1, 0.15) is 10.4 Å². The van der Waals surface area contributed by atoms with Crippen LogP contribution in [-0.2, 0) is 4.79 Å². The smallest absolute Gasteiger partial charge is 0.257 e. The lowest BCUT2D eigenvalue weighted by Crippen LogP contribution is -2.23. The average Bonchev–Trinajstić information content (AvgIpc) is 2.70. The number of anilines is 3. The third-order valence-corrected chi connectivity index (χ3v) is 4.55. The zero-order valence-electron chi connectivity index (χ0n) is 14.7. The van der Waals surface area contributed by atoms with Crippen LogP contribution in [0.2, 0.25) is 0 Å². The molecule has 0 fully saturated rings. The first-order valence-corrected chi connectivity index (χ1v) is 9.26. The fraction of sp³-hybridized carbons (Fsp3) is 0.0476. The molecule has 7 heteroatoms. The third-order valence-electron chi connectivity index (χ3n) is 3.86. The Morgan fingerprint density at radius 3 is 2.18 bits per heavy atom. The Morgan fingerprint density at radius 2 is 1.46 bits per heavy atom. The van der Waals surface area contributed by atoms with Crippen molar-refractivity contribution in [3.63, 3.8) is 0 Å². The van der Waals surface area contributed by atoms with E-state index in [0.29, 0.717) is 22.6 Å². The van der Waals surface area contributed by atoms with Crippen molar-refractivity contribution in [2.24, 2.45) is 0 Å². The van der Waals surface area contributed by atoms with E-state index in [1.807, 2.05) is 18.2 Å². The van der Waals surface area contributed by atoms with E-state index >= 15 is 0 Å². The number of para-hydroxylation sites is 2. The molecule has 142 valence electrons. The summed E-state index contributed by atoms with van der Waals surface area (Å²) in [6, 6.07) is 19.6. The summed E-state index contributed by atoms with van der Waals surface area (Å²) in [6.07, 6.45) is 0. The van der Waals surface area contributed by atoms with E-state index in [-0.39, 0.29) is 24.2 Å². The van der Waals surface area contributed by atoms with E-state index in [4.69, 9.17) is 0 Å². The number of benzene rings is 3. The quantitative estimate of drug-likeness (QED) is 0.509. The first kappa shape index (κ1) is 19.6. The molecule has 0 aliphatic carbocycles. The van der Waals surface area contributed by atoms with Gasteiger partial charge in [-0.2, -0.15) is 0 Å². The van der Waals surface area contributed by atoms with E-state index in [2.05, 4.69) is 31.9 Å². The SMILES string of the molecule is O=C(CNc1ccccc1C(=O)Nc1ccc(F)cc1)Nc1ccccc1Br. The predicted molar refractivity (Wildman–Crippen MR) is 112 cm³/mol. The van der Waals surface area contributed by atoms with Crippen molar-refractivity contribution < 1.29 is 14.0 Å². The summed E-state index contributed by atoms with van der Waals surface area (Å²) in [5, 5.41) is 8.48. The van der Waals surface area contributed by atoms with Gasteiger partial charge < -0.3 is 16.0 Å². The molecule has 0 spiro atoms. The van der Waals surface area contributed by atoms with Gasteiger partial charge in [-0.15, -0.1) is 0 Å². The first-order valence-electron chi connectivity index (χ1n) is 8.47. The number of carbonyl (C=O) groups is 2. The van der Waals surface area contributed by atoms with Gasteiger partial charge in [-0.3, -0.25) is 9.59 Å². The molecule has 0 bridgehead atoms. The fourth-order valence-corrected chi connectivity index (χ4v) is 2.88. The molecular weight excluding hydrogens is 425 g/mol. The molecule has 0 saturated heterocycles. The lowest BCUT2D eigenvalue weighted by molar-refractivity contribution is -0.114. The Bertz CT molecular complexity index is 993. The number of amides is 2. The van der Waals surface area contributed by atoms with Gasteiger partial charge in [-0.05, 0) is 64.5 Å². The van der Waals surface area contributed by atoms with Crippen molar-refractivity contribution in [2.45, 2.75) is 0 Å². The van der Waals surface area contributed by atoms with E-state index in [1.54, 1.807) is 30.3 Å². The van der Waals surface area contributed by atoms with Crippen LogP contribution in [0.3, 0.4) is 0 Å². The van der Waals surface area contributed by atoms with Gasteiger partial charge in [-0.1, -0.05) is 24.3 Å². The minimum absolute atomic E-state index is 0.0117. The zero-order valence-corrected chi connectivity index (χ0v) is 16.3. The van der Waals surface area contributed by atoms with Crippen molar-refractivity contribution >= 4 is 44.8 Å². The minimum Gasteiger partial charge on any atom is -0.376 e. The lowest BCUT2D eigenvalue weighted by atomic mass is 10.1. The lowest BCUT2D eigenvalue weighted by Gasteiger charge is -2.13. The van der Waals surface area contributed by atoms with E-state index in [1.165, 1.54) is 24.3 Å². The van der Waals surface area contributed by atoms with Crippen LogP contribution in [0.25, 0.3) is 0 Å². The van der Waals surface area contributed by atoms with Crippen molar-refractivity contribution in [3.05, 3.63) is 88.6 Å². The first-order chi connectivity index (χ1) is 13.5. The van der Waals surface area contributed by atoms with Gasteiger partial charge in [0.2, 0.25) is 5.91 Å². The second-order valence-electron chi connectivity index (χ2n) is 5.89. The molecule has 0 aromatic heterocycles. The maximum Gasteiger partial charge on any atom is 0.257 e. The molecule has 0 aliphatic heterocycles.